The number of benzene rings is 3. The monoisotopic (exact) mass is 632 g/mol. The molecule has 1 amide bonds. The molecule has 0 aromatic heterocycles. The molecule has 0 unspecified atom stereocenters. The van der Waals surface area contributed by atoms with Gasteiger partial charge in [0.15, 0.2) is 19.7 Å². The number of halogens is 2. The van der Waals surface area contributed by atoms with Gasteiger partial charge in [0.25, 0.3) is 0 Å². The van der Waals surface area contributed by atoms with Crippen LogP contribution in [0.15, 0.2) is 76.5 Å². The molecule has 3 aromatic rings. The van der Waals surface area contributed by atoms with Gasteiger partial charge in [-0.1, -0.05) is 24.3 Å². The van der Waals surface area contributed by atoms with Gasteiger partial charge in [-0.25, -0.2) is 25.6 Å². The minimum Gasteiger partial charge on any atom is -0.340 e. The summed E-state index contributed by atoms with van der Waals surface area (Å²) >= 11 is 0. The van der Waals surface area contributed by atoms with Crippen molar-refractivity contribution in [1.29, 1.82) is 0 Å². The number of piperidine rings is 1. The van der Waals surface area contributed by atoms with Crippen molar-refractivity contribution in [3.63, 3.8) is 0 Å². The Labute approximate surface area is 253 Å². The Kier molecular flexibility index (Phi) is 10.4. The normalized spacial score (nSPS) is 15.7. The highest BCUT2D eigenvalue weighted by molar-refractivity contribution is 7.91. The summed E-state index contributed by atoms with van der Waals surface area (Å²) in [5, 5.41) is 0. The fourth-order valence-electron chi connectivity index (χ4n) is 5.77. The van der Waals surface area contributed by atoms with Crippen LogP contribution in [0.25, 0.3) is 0 Å². The van der Waals surface area contributed by atoms with Crippen molar-refractivity contribution < 1.29 is 30.4 Å². The van der Waals surface area contributed by atoms with Crippen molar-refractivity contribution in [2.24, 2.45) is 0 Å². The van der Waals surface area contributed by atoms with Crippen molar-refractivity contribution in [3.05, 3.63) is 95.1 Å². The lowest BCUT2D eigenvalue weighted by Gasteiger charge is -2.38. The Morgan fingerprint density at radius 3 is 1.98 bits per heavy atom. The number of sulfone groups is 2. The van der Waals surface area contributed by atoms with E-state index in [1.807, 2.05) is 11.8 Å². The minimum absolute atomic E-state index is 0.00719. The topological polar surface area (TPSA) is 91.8 Å². The van der Waals surface area contributed by atoms with E-state index in [9.17, 15) is 30.4 Å². The Bertz CT molecular complexity index is 1640. The number of amides is 1. The van der Waals surface area contributed by atoms with E-state index in [1.54, 1.807) is 24.3 Å². The van der Waals surface area contributed by atoms with Gasteiger partial charge in [-0.15, -0.1) is 0 Å². The lowest BCUT2D eigenvalue weighted by molar-refractivity contribution is -0.133. The predicted molar refractivity (Wildman–Crippen MR) is 162 cm³/mol. The highest BCUT2D eigenvalue weighted by atomic mass is 32.2. The highest BCUT2D eigenvalue weighted by Crippen LogP contribution is 2.32. The number of carbonyl (C=O) groups excluding carboxylic acids is 1. The molecule has 0 bridgehead atoms. The maximum atomic E-state index is 14.9. The van der Waals surface area contributed by atoms with Gasteiger partial charge >= 0.3 is 0 Å². The molecular weight excluding hydrogens is 594 g/mol. The summed E-state index contributed by atoms with van der Waals surface area (Å²) in [6.07, 6.45) is 4.51. The molecule has 1 aliphatic rings. The first-order chi connectivity index (χ1) is 20.3. The summed E-state index contributed by atoms with van der Waals surface area (Å²) in [5.41, 5.74) is 1.70. The van der Waals surface area contributed by atoms with E-state index in [0.29, 0.717) is 25.1 Å². The first-order valence-electron chi connectivity index (χ1n) is 14.3. The molecule has 232 valence electrons. The minimum atomic E-state index is -3.39. The molecule has 1 saturated heterocycles. The third kappa shape index (κ3) is 8.49. The predicted octanol–water partition coefficient (Wildman–Crippen LogP) is 4.85. The molecule has 0 spiro atoms. The van der Waals surface area contributed by atoms with Gasteiger partial charge in [-0.2, -0.15) is 0 Å². The van der Waals surface area contributed by atoms with E-state index >= 15 is 0 Å². The summed E-state index contributed by atoms with van der Waals surface area (Å²) in [4.78, 5) is 17.7. The van der Waals surface area contributed by atoms with Crippen LogP contribution >= 0.6 is 0 Å². The average Bonchev–Trinajstić information content (AvgIpc) is 2.95. The SMILES string of the molecule is CCN(C(=O)Cc1ccc(S(C)(=O)=O)cc1)C1CCN(CC[C@H](c2ccc(S(C)(=O)=O)cc2)c2cc(F)ccc2F)CC1. The molecule has 0 saturated carbocycles. The molecule has 3 aromatic carbocycles. The van der Waals surface area contributed by atoms with Crippen LogP contribution in [0.3, 0.4) is 0 Å². The third-order valence-corrected chi connectivity index (χ3v) is 10.4. The lowest BCUT2D eigenvalue weighted by Crippen LogP contribution is -2.48. The maximum absolute atomic E-state index is 14.9. The number of carbonyl (C=O) groups is 1. The number of hydrogen-bond acceptors (Lipinski definition) is 6. The molecule has 11 heteroatoms. The first kappa shape index (κ1) is 32.8. The van der Waals surface area contributed by atoms with Crippen LogP contribution in [0.5, 0.6) is 0 Å². The van der Waals surface area contributed by atoms with Gasteiger partial charge in [0.1, 0.15) is 11.6 Å². The molecule has 4 rings (SSSR count). The van der Waals surface area contributed by atoms with Crippen LogP contribution < -0.4 is 0 Å². The van der Waals surface area contributed by atoms with Crippen LogP contribution in [0.1, 0.15) is 48.8 Å². The summed E-state index contributed by atoms with van der Waals surface area (Å²) in [6.45, 7) is 4.61. The van der Waals surface area contributed by atoms with Gasteiger partial charge in [0, 0.05) is 44.1 Å². The summed E-state index contributed by atoms with van der Waals surface area (Å²) in [5.74, 6) is -1.52. The zero-order valence-electron chi connectivity index (χ0n) is 24.7. The van der Waals surface area contributed by atoms with E-state index < -0.39 is 37.2 Å². The molecule has 0 radical (unpaired) electrons. The van der Waals surface area contributed by atoms with Crippen molar-refractivity contribution in [2.75, 3.05) is 38.7 Å². The molecule has 1 aliphatic heterocycles. The number of likely N-dealkylation sites (tertiary alicyclic amines) is 1. The standard InChI is InChI=1S/C32H38F2N2O5S2/c1-4-36(32(37)21-23-5-10-27(11-6-23)42(2,38)39)26-15-18-35(19-16-26)20-17-29(30-22-25(33)9-14-31(30)34)24-7-12-28(13-8-24)43(3,40)41/h5-14,22,26,29H,4,15-21H2,1-3H3/t29-/m1/s1. The molecule has 7 nitrogen and oxygen atoms in total. The largest absolute Gasteiger partial charge is 0.340 e. The molecule has 1 heterocycles. The molecular formula is C32H38F2N2O5S2. The van der Waals surface area contributed by atoms with E-state index in [4.69, 9.17) is 0 Å². The number of likely N-dealkylation sites (N-methyl/N-ethyl adjacent to an activating group) is 1. The second kappa shape index (κ2) is 13.7. The Morgan fingerprint density at radius 2 is 1.44 bits per heavy atom. The van der Waals surface area contributed by atoms with Crippen LogP contribution in [0, 0.1) is 11.6 Å². The smallest absolute Gasteiger partial charge is 0.227 e. The number of hydrogen-bond donors (Lipinski definition) is 0. The molecule has 0 N–H and O–H groups in total. The van der Waals surface area contributed by atoms with E-state index in [0.717, 1.165) is 56.1 Å². The fraction of sp³-hybridized carbons (Fsp3) is 0.406. The summed E-state index contributed by atoms with van der Waals surface area (Å²) in [6, 6.07) is 16.2. The average molecular weight is 633 g/mol. The van der Waals surface area contributed by atoms with Crippen LogP contribution in [-0.4, -0.2) is 77.3 Å². The van der Waals surface area contributed by atoms with Crippen molar-refractivity contribution in [3.8, 4) is 0 Å². The van der Waals surface area contributed by atoms with Crippen molar-refractivity contribution in [1.82, 2.24) is 9.80 Å². The van der Waals surface area contributed by atoms with E-state index in [2.05, 4.69) is 4.90 Å². The second-order valence-corrected chi connectivity index (χ2v) is 15.2. The third-order valence-electron chi connectivity index (χ3n) is 8.14. The molecule has 43 heavy (non-hydrogen) atoms. The van der Waals surface area contributed by atoms with Crippen molar-refractivity contribution >= 4 is 25.6 Å². The number of nitrogens with zero attached hydrogens (tertiary/aromatic N) is 2. The van der Waals surface area contributed by atoms with Gasteiger partial charge in [-0.3, -0.25) is 4.79 Å². The van der Waals surface area contributed by atoms with Gasteiger partial charge in [0.2, 0.25) is 5.91 Å². The maximum Gasteiger partial charge on any atom is 0.227 e. The molecule has 0 aliphatic carbocycles. The van der Waals surface area contributed by atoms with E-state index in [-0.39, 0.29) is 33.7 Å². The molecule has 1 fully saturated rings. The first-order valence-corrected chi connectivity index (χ1v) is 18.1. The number of rotatable bonds is 11. The van der Waals surface area contributed by atoms with Gasteiger partial charge in [0.05, 0.1) is 16.2 Å². The molecule has 1 atom stereocenters. The highest BCUT2D eigenvalue weighted by Gasteiger charge is 2.28. The van der Waals surface area contributed by atoms with Crippen LogP contribution in [-0.2, 0) is 30.9 Å². The summed E-state index contributed by atoms with van der Waals surface area (Å²) in [7, 11) is -6.69. The van der Waals surface area contributed by atoms with E-state index in [1.165, 1.54) is 30.3 Å². The Balaban J connectivity index is 1.39. The Morgan fingerprint density at radius 1 is 0.884 bits per heavy atom. The van der Waals surface area contributed by atoms with Crippen LogP contribution in [0.4, 0.5) is 8.78 Å². The lowest BCUT2D eigenvalue weighted by atomic mass is 9.87. The quantitative estimate of drug-likeness (QED) is 0.300. The van der Waals surface area contributed by atoms with Gasteiger partial charge < -0.3 is 9.80 Å². The van der Waals surface area contributed by atoms with Gasteiger partial charge in [-0.05, 0) is 91.9 Å². The zero-order chi connectivity index (χ0) is 31.4. The van der Waals surface area contributed by atoms with Crippen molar-refractivity contribution in [2.45, 2.75) is 54.4 Å². The van der Waals surface area contributed by atoms with Crippen LogP contribution in [0.2, 0.25) is 0 Å². The summed E-state index contributed by atoms with van der Waals surface area (Å²) < 4.78 is 76.3. The zero-order valence-corrected chi connectivity index (χ0v) is 26.3. The fourth-order valence-corrected chi connectivity index (χ4v) is 7.03. The second-order valence-electron chi connectivity index (χ2n) is 11.2. The Hall–Kier alpha value is -3.15.